The standard InChI is InChI=1S/C18H19N5O3/c1-11-8-12(2)23-16(21-22-18(23)20-11)4-3-7-19-17(24)13-5-6-14-15(9-13)26-10-25-14/h5-6,8-9H,3-4,7,10H2,1-2H3,(H,19,24). The summed E-state index contributed by atoms with van der Waals surface area (Å²) in [6, 6.07) is 7.17. The summed E-state index contributed by atoms with van der Waals surface area (Å²) in [6.45, 7) is 4.68. The zero-order valence-electron chi connectivity index (χ0n) is 14.7. The van der Waals surface area contributed by atoms with E-state index in [1.165, 1.54) is 0 Å². The van der Waals surface area contributed by atoms with Gasteiger partial charge in [-0.25, -0.2) is 4.98 Å². The fourth-order valence-electron chi connectivity index (χ4n) is 3.05. The molecule has 0 spiro atoms. The molecule has 2 aromatic heterocycles. The van der Waals surface area contributed by atoms with Crippen molar-refractivity contribution in [2.75, 3.05) is 13.3 Å². The summed E-state index contributed by atoms with van der Waals surface area (Å²) >= 11 is 0. The highest BCUT2D eigenvalue weighted by atomic mass is 16.7. The minimum Gasteiger partial charge on any atom is -0.454 e. The predicted octanol–water partition coefficient (Wildman–Crippen LogP) is 1.83. The van der Waals surface area contributed by atoms with Gasteiger partial charge >= 0.3 is 0 Å². The van der Waals surface area contributed by atoms with E-state index >= 15 is 0 Å². The van der Waals surface area contributed by atoms with Gasteiger partial charge in [0, 0.05) is 29.9 Å². The molecule has 0 saturated heterocycles. The minimum atomic E-state index is -0.136. The van der Waals surface area contributed by atoms with Gasteiger partial charge in [-0.1, -0.05) is 0 Å². The molecule has 134 valence electrons. The largest absolute Gasteiger partial charge is 0.454 e. The van der Waals surface area contributed by atoms with Crippen LogP contribution in [-0.4, -0.2) is 38.8 Å². The van der Waals surface area contributed by atoms with Crippen molar-refractivity contribution in [2.45, 2.75) is 26.7 Å². The maximum atomic E-state index is 12.3. The summed E-state index contributed by atoms with van der Waals surface area (Å²) in [5.74, 6) is 2.59. The number of nitrogens with zero attached hydrogens (tertiary/aromatic N) is 4. The summed E-state index contributed by atoms with van der Waals surface area (Å²) in [4.78, 5) is 16.6. The van der Waals surface area contributed by atoms with Crippen molar-refractivity contribution in [3.05, 3.63) is 47.0 Å². The van der Waals surface area contributed by atoms with E-state index in [-0.39, 0.29) is 12.7 Å². The van der Waals surface area contributed by atoms with Gasteiger partial charge in [0.2, 0.25) is 6.79 Å². The molecule has 4 rings (SSSR count). The summed E-state index contributed by atoms with van der Waals surface area (Å²) in [7, 11) is 0. The van der Waals surface area contributed by atoms with Crippen molar-refractivity contribution in [3.8, 4) is 11.5 Å². The van der Waals surface area contributed by atoms with E-state index in [1.54, 1.807) is 18.2 Å². The summed E-state index contributed by atoms with van der Waals surface area (Å²) in [5, 5.41) is 11.3. The first-order valence-electron chi connectivity index (χ1n) is 8.48. The van der Waals surface area contributed by atoms with Gasteiger partial charge in [0.15, 0.2) is 11.5 Å². The molecular formula is C18H19N5O3. The van der Waals surface area contributed by atoms with Crippen LogP contribution in [0.4, 0.5) is 0 Å². The number of carbonyl (C=O) groups excluding carboxylic acids is 1. The number of hydrogen-bond acceptors (Lipinski definition) is 6. The molecule has 0 bridgehead atoms. The molecule has 8 heteroatoms. The highest BCUT2D eigenvalue weighted by Crippen LogP contribution is 2.32. The molecule has 3 heterocycles. The Kier molecular flexibility index (Phi) is 4.16. The van der Waals surface area contributed by atoms with E-state index in [0.29, 0.717) is 35.8 Å². The van der Waals surface area contributed by atoms with E-state index in [1.807, 2.05) is 24.3 Å². The Balaban J connectivity index is 1.35. The molecule has 1 aromatic carbocycles. The minimum absolute atomic E-state index is 0.136. The van der Waals surface area contributed by atoms with E-state index in [4.69, 9.17) is 9.47 Å². The second-order valence-electron chi connectivity index (χ2n) is 6.22. The molecule has 1 amide bonds. The van der Waals surface area contributed by atoms with Crippen molar-refractivity contribution < 1.29 is 14.3 Å². The number of aromatic nitrogens is 4. The topological polar surface area (TPSA) is 90.6 Å². The zero-order valence-corrected chi connectivity index (χ0v) is 14.7. The second kappa shape index (κ2) is 6.62. The van der Waals surface area contributed by atoms with Crippen LogP contribution in [0, 0.1) is 13.8 Å². The fourth-order valence-corrected chi connectivity index (χ4v) is 3.05. The van der Waals surface area contributed by atoms with Crippen LogP contribution in [0.3, 0.4) is 0 Å². The van der Waals surface area contributed by atoms with Crippen LogP contribution in [0.25, 0.3) is 5.78 Å². The normalized spacial score (nSPS) is 12.5. The Morgan fingerprint density at radius 3 is 2.92 bits per heavy atom. The number of hydrogen-bond donors (Lipinski definition) is 1. The first-order valence-corrected chi connectivity index (χ1v) is 8.48. The van der Waals surface area contributed by atoms with Crippen molar-refractivity contribution >= 4 is 11.7 Å². The molecular weight excluding hydrogens is 334 g/mol. The van der Waals surface area contributed by atoms with Crippen molar-refractivity contribution in [1.82, 2.24) is 24.9 Å². The number of amides is 1. The smallest absolute Gasteiger partial charge is 0.255 e. The molecule has 0 unspecified atom stereocenters. The number of ether oxygens (including phenoxy) is 2. The molecule has 8 nitrogen and oxygen atoms in total. The third kappa shape index (κ3) is 3.05. The molecule has 1 aliphatic rings. The van der Waals surface area contributed by atoms with Gasteiger partial charge < -0.3 is 14.8 Å². The lowest BCUT2D eigenvalue weighted by molar-refractivity contribution is 0.0952. The van der Waals surface area contributed by atoms with E-state index in [2.05, 4.69) is 20.5 Å². The van der Waals surface area contributed by atoms with E-state index in [0.717, 1.165) is 23.6 Å². The van der Waals surface area contributed by atoms with Crippen molar-refractivity contribution in [2.24, 2.45) is 0 Å². The molecule has 0 radical (unpaired) electrons. The maximum Gasteiger partial charge on any atom is 0.255 e. The Labute approximate surface area is 150 Å². The average Bonchev–Trinajstić information content (AvgIpc) is 3.24. The summed E-state index contributed by atoms with van der Waals surface area (Å²) in [6.07, 6.45) is 1.46. The molecule has 1 aliphatic heterocycles. The number of carbonyl (C=O) groups is 1. The number of nitrogens with one attached hydrogen (secondary N) is 1. The molecule has 0 atom stereocenters. The van der Waals surface area contributed by atoms with Crippen LogP contribution in [0.1, 0.15) is 34.0 Å². The van der Waals surface area contributed by atoms with E-state index < -0.39 is 0 Å². The monoisotopic (exact) mass is 353 g/mol. The first kappa shape index (κ1) is 16.3. The van der Waals surface area contributed by atoms with Crippen molar-refractivity contribution in [3.63, 3.8) is 0 Å². The highest BCUT2D eigenvalue weighted by Gasteiger charge is 2.16. The van der Waals surface area contributed by atoms with Crippen LogP contribution in [0.15, 0.2) is 24.3 Å². The molecule has 0 saturated carbocycles. The van der Waals surface area contributed by atoms with Gasteiger partial charge in [-0.2, -0.15) is 0 Å². The van der Waals surface area contributed by atoms with Crippen LogP contribution in [0.5, 0.6) is 11.5 Å². The summed E-state index contributed by atoms with van der Waals surface area (Å²) < 4.78 is 12.5. The third-order valence-corrected chi connectivity index (χ3v) is 4.26. The lowest BCUT2D eigenvalue weighted by Crippen LogP contribution is -2.24. The SMILES string of the molecule is Cc1cc(C)n2c(CCCNC(=O)c3ccc4c(c3)OCO4)nnc2n1. The van der Waals surface area contributed by atoms with E-state index in [9.17, 15) is 4.79 Å². The molecule has 0 aliphatic carbocycles. The van der Waals surface area contributed by atoms with Gasteiger partial charge in [0.05, 0.1) is 0 Å². The predicted molar refractivity (Wildman–Crippen MR) is 93.5 cm³/mol. The maximum absolute atomic E-state index is 12.3. The molecule has 1 N–H and O–H groups in total. The Morgan fingerprint density at radius 1 is 1.19 bits per heavy atom. The van der Waals surface area contributed by atoms with Gasteiger partial charge in [0.25, 0.3) is 11.7 Å². The fraction of sp³-hybridized carbons (Fsp3) is 0.333. The molecule has 0 fully saturated rings. The van der Waals surface area contributed by atoms with Gasteiger partial charge in [-0.3, -0.25) is 9.20 Å². The van der Waals surface area contributed by atoms with Crippen LogP contribution in [0.2, 0.25) is 0 Å². The second-order valence-corrected chi connectivity index (χ2v) is 6.22. The van der Waals surface area contributed by atoms with Crippen molar-refractivity contribution in [1.29, 1.82) is 0 Å². The zero-order chi connectivity index (χ0) is 18.1. The third-order valence-electron chi connectivity index (χ3n) is 4.26. The molecule has 3 aromatic rings. The highest BCUT2D eigenvalue weighted by molar-refractivity contribution is 5.94. The van der Waals surface area contributed by atoms with Crippen LogP contribution in [-0.2, 0) is 6.42 Å². The van der Waals surface area contributed by atoms with Gasteiger partial charge in [0.1, 0.15) is 5.82 Å². The Morgan fingerprint density at radius 2 is 2.04 bits per heavy atom. The van der Waals surface area contributed by atoms with Crippen LogP contribution < -0.4 is 14.8 Å². The molecule has 26 heavy (non-hydrogen) atoms. The Hall–Kier alpha value is -3.16. The number of benzene rings is 1. The Bertz CT molecular complexity index is 982. The number of aryl methyl sites for hydroxylation is 3. The summed E-state index contributed by atoms with van der Waals surface area (Å²) in [5.41, 5.74) is 2.53. The lowest BCUT2D eigenvalue weighted by atomic mass is 10.2. The van der Waals surface area contributed by atoms with Crippen LogP contribution >= 0.6 is 0 Å². The van der Waals surface area contributed by atoms with Gasteiger partial charge in [-0.15, -0.1) is 10.2 Å². The first-order chi connectivity index (χ1) is 12.6. The van der Waals surface area contributed by atoms with Gasteiger partial charge in [-0.05, 0) is 44.5 Å². The average molecular weight is 353 g/mol. The quantitative estimate of drug-likeness (QED) is 0.704. The number of rotatable bonds is 5. The number of fused-ring (bicyclic) bond motifs is 2. The lowest BCUT2D eigenvalue weighted by Gasteiger charge is -2.07.